The molecule has 27 heavy (non-hydrogen) atoms. The van der Waals surface area contributed by atoms with Crippen molar-refractivity contribution in [2.24, 2.45) is 0 Å². The molecule has 0 unspecified atom stereocenters. The number of nitrogens with zero attached hydrogens (tertiary/aromatic N) is 1. The summed E-state index contributed by atoms with van der Waals surface area (Å²) in [6.45, 7) is 0. The molecular weight excluding hydrogens is 343 g/mol. The third-order valence-corrected chi connectivity index (χ3v) is 4.21. The molecule has 3 aromatic rings. The predicted molar refractivity (Wildman–Crippen MR) is 98.2 cm³/mol. The number of carbonyl (C=O) groups excluding carboxylic acids is 1. The van der Waals surface area contributed by atoms with Gasteiger partial charge in [0.25, 0.3) is 0 Å². The van der Waals surface area contributed by atoms with E-state index in [-0.39, 0.29) is 5.82 Å². The lowest BCUT2D eigenvalue weighted by atomic mass is 10.00. The van der Waals surface area contributed by atoms with Gasteiger partial charge in [-0.3, -0.25) is 0 Å². The number of hydrogen-bond acceptors (Lipinski definition) is 3. The molecule has 0 aliphatic carbocycles. The number of halogens is 1. The summed E-state index contributed by atoms with van der Waals surface area (Å²) in [6.07, 6.45) is -1.11. The highest BCUT2D eigenvalue weighted by molar-refractivity contribution is 5.71. The van der Waals surface area contributed by atoms with Crippen LogP contribution in [0.3, 0.4) is 0 Å². The van der Waals surface area contributed by atoms with E-state index < -0.39 is 18.2 Å². The molecule has 1 aromatic heterocycles. The highest BCUT2D eigenvalue weighted by Crippen LogP contribution is 2.35. The van der Waals surface area contributed by atoms with Crippen LogP contribution in [0, 0.1) is 17.7 Å². The summed E-state index contributed by atoms with van der Waals surface area (Å²) in [5, 5.41) is 2.77. The molecule has 5 heteroatoms. The molecule has 1 aliphatic heterocycles. The maximum absolute atomic E-state index is 13.2. The van der Waals surface area contributed by atoms with Crippen molar-refractivity contribution < 1.29 is 13.9 Å². The molecule has 0 saturated carbocycles. The van der Waals surface area contributed by atoms with E-state index in [0.717, 1.165) is 5.56 Å². The summed E-state index contributed by atoms with van der Waals surface area (Å²) >= 11 is 0. The third-order valence-electron chi connectivity index (χ3n) is 4.21. The van der Waals surface area contributed by atoms with Crippen LogP contribution >= 0.6 is 0 Å². The number of alkyl carbamates (subject to hydrolysis) is 1. The number of nitrogens with one attached hydrogen (secondary N) is 1. The second-order valence-corrected chi connectivity index (χ2v) is 6.06. The van der Waals surface area contributed by atoms with Crippen LogP contribution < -0.4 is 5.32 Å². The highest BCUT2D eigenvalue weighted by Gasteiger charge is 2.37. The van der Waals surface area contributed by atoms with Gasteiger partial charge in [-0.05, 0) is 47.9 Å². The van der Waals surface area contributed by atoms with Gasteiger partial charge in [0, 0.05) is 5.56 Å². The molecule has 2 heterocycles. The molecule has 2 aromatic carbocycles. The van der Waals surface area contributed by atoms with Crippen molar-refractivity contribution in [3.8, 4) is 11.8 Å². The molecule has 1 amide bonds. The first-order valence-electron chi connectivity index (χ1n) is 8.46. The zero-order valence-corrected chi connectivity index (χ0v) is 14.2. The summed E-state index contributed by atoms with van der Waals surface area (Å²) in [7, 11) is 0. The minimum absolute atomic E-state index is 0.344. The van der Waals surface area contributed by atoms with Crippen molar-refractivity contribution in [2.75, 3.05) is 0 Å². The first-order valence-corrected chi connectivity index (χ1v) is 8.46. The maximum atomic E-state index is 13.2. The van der Waals surface area contributed by atoms with Gasteiger partial charge >= 0.3 is 6.09 Å². The van der Waals surface area contributed by atoms with Crippen LogP contribution in [0.1, 0.15) is 34.7 Å². The number of rotatable bonds is 2. The van der Waals surface area contributed by atoms with Gasteiger partial charge in [0.15, 0.2) is 6.10 Å². The molecule has 0 radical (unpaired) electrons. The first kappa shape index (κ1) is 16.8. The highest BCUT2D eigenvalue weighted by atomic mass is 19.1. The van der Waals surface area contributed by atoms with Gasteiger partial charge in [-0.25, -0.2) is 14.2 Å². The fourth-order valence-electron chi connectivity index (χ4n) is 2.91. The molecule has 1 aliphatic rings. The molecule has 0 bridgehead atoms. The van der Waals surface area contributed by atoms with E-state index in [1.54, 1.807) is 12.1 Å². The van der Waals surface area contributed by atoms with Gasteiger partial charge in [0.2, 0.25) is 0 Å². The normalized spacial score (nSPS) is 18.2. The summed E-state index contributed by atoms with van der Waals surface area (Å²) in [5.41, 5.74) is 2.82. The van der Waals surface area contributed by atoms with E-state index in [1.165, 1.54) is 12.1 Å². The summed E-state index contributed by atoms with van der Waals surface area (Å²) in [5.74, 6) is 5.75. The second-order valence-electron chi connectivity index (χ2n) is 6.06. The summed E-state index contributed by atoms with van der Waals surface area (Å²) < 4.78 is 18.6. The van der Waals surface area contributed by atoms with Crippen LogP contribution in [-0.4, -0.2) is 11.1 Å². The zero-order valence-electron chi connectivity index (χ0n) is 14.2. The van der Waals surface area contributed by atoms with Crippen molar-refractivity contribution in [1.29, 1.82) is 0 Å². The minimum Gasteiger partial charge on any atom is -0.439 e. The fourth-order valence-corrected chi connectivity index (χ4v) is 2.91. The van der Waals surface area contributed by atoms with Gasteiger partial charge in [-0.15, -0.1) is 0 Å². The summed E-state index contributed by atoms with van der Waals surface area (Å²) in [6, 6.07) is 20.5. The van der Waals surface area contributed by atoms with Gasteiger partial charge in [0.1, 0.15) is 17.6 Å². The Kier molecular flexibility index (Phi) is 4.54. The fraction of sp³-hybridized carbons (Fsp3) is 0.0909. The van der Waals surface area contributed by atoms with Crippen LogP contribution in [-0.2, 0) is 4.74 Å². The largest absolute Gasteiger partial charge is 0.439 e. The number of aromatic nitrogens is 1. The van der Waals surface area contributed by atoms with Crippen molar-refractivity contribution in [1.82, 2.24) is 10.3 Å². The van der Waals surface area contributed by atoms with E-state index in [4.69, 9.17) is 4.74 Å². The predicted octanol–water partition coefficient (Wildman–Crippen LogP) is 4.14. The number of amides is 1. The lowest BCUT2D eigenvalue weighted by Crippen LogP contribution is -2.20. The topological polar surface area (TPSA) is 51.2 Å². The van der Waals surface area contributed by atoms with E-state index in [1.807, 2.05) is 48.5 Å². The van der Waals surface area contributed by atoms with Gasteiger partial charge in [-0.1, -0.05) is 42.3 Å². The quantitative estimate of drug-likeness (QED) is 0.701. The van der Waals surface area contributed by atoms with Crippen LogP contribution in [0.5, 0.6) is 0 Å². The van der Waals surface area contributed by atoms with E-state index in [2.05, 4.69) is 22.1 Å². The van der Waals surface area contributed by atoms with Crippen LogP contribution in [0.25, 0.3) is 0 Å². The molecule has 1 N–H and O–H groups in total. The van der Waals surface area contributed by atoms with E-state index >= 15 is 0 Å². The van der Waals surface area contributed by atoms with Crippen LogP contribution in [0.2, 0.25) is 0 Å². The SMILES string of the molecule is O=C1N[C@@H](c2cccc(C#Cc3ccccc3)n2)[C@H](c2ccc(F)cc2)O1. The van der Waals surface area contributed by atoms with Crippen molar-refractivity contribution >= 4 is 6.09 Å². The Morgan fingerprint density at radius 3 is 2.48 bits per heavy atom. The minimum atomic E-state index is -0.581. The van der Waals surface area contributed by atoms with Crippen molar-refractivity contribution in [3.05, 3.63) is 101 Å². The molecule has 4 nitrogen and oxygen atoms in total. The Balaban J connectivity index is 1.63. The molecule has 1 saturated heterocycles. The van der Waals surface area contributed by atoms with E-state index in [0.29, 0.717) is 17.0 Å². The molecule has 132 valence electrons. The number of pyridine rings is 1. The molecule has 1 fully saturated rings. The Morgan fingerprint density at radius 1 is 0.926 bits per heavy atom. The van der Waals surface area contributed by atoms with Gasteiger partial charge < -0.3 is 10.1 Å². The molecule has 4 rings (SSSR count). The average molecular weight is 358 g/mol. The maximum Gasteiger partial charge on any atom is 0.408 e. The van der Waals surface area contributed by atoms with Crippen molar-refractivity contribution in [2.45, 2.75) is 12.1 Å². The Morgan fingerprint density at radius 2 is 1.70 bits per heavy atom. The lowest BCUT2D eigenvalue weighted by molar-refractivity contribution is 0.132. The number of hydrogen-bond donors (Lipinski definition) is 1. The van der Waals surface area contributed by atoms with Crippen molar-refractivity contribution in [3.63, 3.8) is 0 Å². The Bertz CT molecular complexity index is 1020. The molecular formula is C22H15FN2O2. The smallest absolute Gasteiger partial charge is 0.408 e. The third kappa shape index (κ3) is 3.80. The zero-order chi connectivity index (χ0) is 18.6. The lowest BCUT2D eigenvalue weighted by Gasteiger charge is -2.17. The number of benzene rings is 2. The number of ether oxygens (including phenoxy) is 1. The standard InChI is InChI=1S/C22H15FN2O2/c23-17-12-10-16(11-13-17)21-20(25-22(26)27-21)19-8-4-7-18(24-19)14-9-15-5-2-1-3-6-15/h1-8,10-13,20-21H,(H,25,26)/t20-,21-/m0/s1. The molecule has 2 atom stereocenters. The van der Waals surface area contributed by atoms with E-state index in [9.17, 15) is 9.18 Å². The molecule has 0 spiro atoms. The average Bonchev–Trinajstić information content (AvgIpc) is 3.10. The first-order chi connectivity index (χ1) is 13.2. The Labute approximate surface area is 156 Å². The van der Waals surface area contributed by atoms with Crippen LogP contribution in [0.4, 0.5) is 9.18 Å². The monoisotopic (exact) mass is 358 g/mol. The van der Waals surface area contributed by atoms with Gasteiger partial charge in [-0.2, -0.15) is 0 Å². The van der Waals surface area contributed by atoms with Gasteiger partial charge in [0.05, 0.1) is 5.69 Å². The summed E-state index contributed by atoms with van der Waals surface area (Å²) in [4.78, 5) is 16.4. The second kappa shape index (κ2) is 7.30. The Hall–Kier alpha value is -3.65. The number of cyclic esters (lactones) is 1. The number of carbonyl (C=O) groups is 1. The van der Waals surface area contributed by atoms with Crippen LogP contribution in [0.15, 0.2) is 72.8 Å².